The number of urea groups is 1. The molecule has 2 fully saturated rings. The molecule has 2 aliphatic heterocycles. The van der Waals surface area contributed by atoms with Crippen LogP contribution >= 0.6 is 0 Å². The molecule has 1 atom stereocenters. The smallest absolute Gasteiger partial charge is 0.317 e. The van der Waals surface area contributed by atoms with Crippen LogP contribution in [0.3, 0.4) is 0 Å². The van der Waals surface area contributed by atoms with Crippen molar-refractivity contribution in [2.45, 2.75) is 6.42 Å². The molecule has 6 nitrogen and oxygen atoms in total. The van der Waals surface area contributed by atoms with Crippen molar-refractivity contribution in [2.75, 3.05) is 39.8 Å². The van der Waals surface area contributed by atoms with Gasteiger partial charge in [0.2, 0.25) is 0 Å². The van der Waals surface area contributed by atoms with E-state index in [1.807, 2.05) is 0 Å². The van der Waals surface area contributed by atoms with Gasteiger partial charge < -0.3 is 20.2 Å². The Bertz CT molecular complexity index is 315. The number of nitrogens with one attached hydrogen (secondary N) is 1. The van der Waals surface area contributed by atoms with Crippen LogP contribution < -0.4 is 5.32 Å². The van der Waals surface area contributed by atoms with Gasteiger partial charge in [0.1, 0.15) is 0 Å². The molecule has 2 N–H and O–H groups in total. The number of carbonyl (C=O) groups is 2. The number of likely N-dealkylation sites (tertiary alicyclic amines) is 2. The molecule has 0 saturated carbocycles. The van der Waals surface area contributed by atoms with Crippen molar-refractivity contribution in [2.24, 2.45) is 11.8 Å². The molecular weight excluding hydrogens is 222 g/mol. The van der Waals surface area contributed by atoms with E-state index in [0.717, 1.165) is 19.5 Å². The minimum atomic E-state index is -0.813. The standard InChI is InChI=1S/C11H19N3O3/c1-13-3-2-8(5-13)4-12-11(17)14-6-9(7-14)10(15)16/h8-9H,2-7H2,1H3,(H,12,17)(H,15,16). The molecular formula is C11H19N3O3. The maximum atomic E-state index is 11.6. The third kappa shape index (κ3) is 2.88. The summed E-state index contributed by atoms with van der Waals surface area (Å²) in [6, 6.07) is -0.128. The molecule has 2 rings (SSSR count). The number of aliphatic carboxylic acids is 1. The first-order chi connectivity index (χ1) is 8.06. The van der Waals surface area contributed by atoms with Gasteiger partial charge in [-0.25, -0.2) is 4.79 Å². The van der Waals surface area contributed by atoms with E-state index in [1.54, 1.807) is 4.90 Å². The van der Waals surface area contributed by atoms with E-state index in [0.29, 0.717) is 25.6 Å². The van der Waals surface area contributed by atoms with Crippen molar-refractivity contribution >= 4 is 12.0 Å². The van der Waals surface area contributed by atoms with E-state index in [1.165, 1.54) is 0 Å². The first kappa shape index (κ1) is 12.2. The SMILES string of the molecule is CN1CCC(CNC(=O)N2CC(C(=O)O)C2)C1. The Morgan fingerprint density at radius 1 is 1.35 bits per heavy atom. The molecule has 6 heteroatoms. The van der Waals surface area contributed by atoms with E-state index in [9.17, 15) is 9.59 Å². The zero-order valence-corrected chi connectivity index (χ0v) is 10.1. The molecule has 96 valence electrons. The largest absolute Gasteiger partial charge is 0.481 e. The summed E-state index contributed by atoms with van der Waals surface area (Å²) in [6.07, 6.45) is 1.12. The average Bonchev–Trinajstić information content (AvgIpc) is 2.58. The van der Waals surface area contributed by atoms with E-state index in [4.69, 9.17) is 5.11 Å². The summed E-state index contributed by atoms with van der Waals surface area (Å²) >= 11 is 0. The molecule has 2 amide bonds. The summed E-state index contributed by atoms with van der Waals surface area (Å²) in [5.41, 5.74) is 0. The highest BCUT2D eigenvalue weighted by Gasteiger charge is 2.35. The molecule has 0 aromatic rings. The lowest BCUT2D eigenvalue weighted by atomic mass is 10.0. The van der Waals surface area contributed by atoms with Gasteiger partial charge >= 0.3 is 12.0 Å². The van der Waals surface area contributed by atoms with Crippen molar-refractivity contribution in [1.82, 2.24) is 15.1 Å². The number of carboxylic acid groups (broad SMARTS) is 1. The van der Waals surface area contributed by atoms with Crippen LogP contribution in [0.5, 0.6) is 0 Å². The third-order valence-electron chi connectivity index (χ3n) is 3.55. The Morgan fingerprint density at radius 2 is 2.06 bits per heavy atom. The number of nitrogens with zero attached hydrogens (tertiary/aromatic N) is 2. The lowest BCUT2D eigenvalue weighted by Crippen LogP contribution is -2.56. The summed E-state index contributed by atoms with van der Waals surface area (Å²) in [6.45, 7) is 3.48. The first-order valence-electron chi connectivity index (χ1n) is 6.00. The molecule has 0 aliphatic carbocycles. The second kappa shape index (κ2) is 4.91. The van der Waals surface area contributed by atoms with Gasteiger partial charge in [0.25, 0.3) is 0 Å². The van der Waals surface area contributed by atoms with Crippen LogP contribution in [0, 0.1) is 11.8 Å². The predicted octanol–water partition coefficient (Wildman–Crippen LogP) is -0.336. The van der Waals surface area contributed by atoms with Gasteiger partial charge in [0.15, 0.2) is 0 Å². The van der Waals surface area contributed by atoms with Crippen LogP contribution in [-0.2, 0) is 4.79 Å². The van der Waals surface area contributed by atoms with Crippen molar-refractivity contribution < 1.29 is 14.7 Å². The quantitative estimate of drug-likeness (QED) is 0.709. The molecule has 0 spiro atoms. The number of hydrogen-bond acceptors (Lipinski definition) is 3. The molecule has 0 aromatic heterocycles. The second-order valence-corrected chi connectivity index (χ2v) is 5.04. The van der Waals surface area contributed by atoms with Crippen LogP contribution in [0.4, 0.5) is 4.79 Å². The summed E-state index contributed by atoms with van der Waals surface area (Å²) in [7, 11) is 2.08. The topological polar surface area (TPSA) is 72.9 Å². The minimum Gasteiger partial charge on any atom is -0.481 e. The maximum Gasteiger partial charge on any atom is 0.317 e. The van der Waals surface area contributed by atoms with Crippen LogP contribution in [0.1, 0.15) is 6.42 Å². The van der Waals surface area contributed by atoms with Crippen molar-refractivity contribution in [3.8, 4) is 0 Å². The first-order valence-corrected chi connectivity index (χ1v) is 6.00. The Hall–Kier alpha value is -1.30. The van der Waals surface area contributed by atoms with E-state index in [-0.39, 0.29) is 11.9 Å². The fourth-order valence-corrected chi connectivity index (χ4v) is 2.34. The van der Waals surface area contributed by atoms with Crippen molar-refractivity contribution in [3.63, 3.8) is 0 Å². The summed E-state index contributed by atoms with van der Waals surface area (Å²) in [4.78, 5) is 26.0. The summed E-state index contributed by atoms with van der Waals surface area (Å²) in [5, 5.41) is 11.6. The fourth-order valence-electron chi connectivity index (χ4n) is 2.34. The Balaban J connectivity index is 1.64. The zero-order valence-electron chi connectivity index (χ0n) is 10.1. The number of carboxylic acids is 1. The molecule has 1 unspecified atom stereocenters. The van der Waals surface area contributed by atoms with Crippen LogP contribution in [0.25, 0.3) is 0 Å². The van der Waals surface area contributed by atoms with Gasteiger partial charge in [-0.1, -0.05) is 0 Å². The normalized spacial score (nSPS) is 25.7. The second-order valence-electron chi connectivity index (χ2n) is 5.04. The van der Waals surface area contributed by atoms with Gasteiger partial charge in [0.05, 0.1) is 5.92 Å². The van der Waals surface area contributed by atoms with E-state index < -0.39 is 5.97 Å². The van der Waals surface area contributed by atoms with Crippen molar-refractivity contribution in [3.05, 3.63) is 0 Å². The Morgan fingerprint density at radius 3 is 2.59 bits per heavy atom. The van der Waals surface area contributed by atoms with Crippen molar-refractivity contribution in [1.29, 1.82) is 0 Å². The highest BCUT2D eigenvalue weighted by molar-refractivity contribution is 5.79. The minimum absolute atomic E-state index is 0.128. The fraction of sp³-hybridized carbons (Fsp3) is 0.818. The molecule has 2 saturated heterocycles. The number of rotatable bonds is 3. The van der Waals surface area contributed by atoms with E-state index >= 15 is 0 Å². The molecule has 0 aromatic carbocycles. The van der Waals surface area contributed by atoms with Gasteiger partial charge in [-0.2, -0.15) is 0 Å². The average molecular weight is 241 g/mol. The lowest BCUT2D eigenvalue weighted by Gasteiger charge is -2.36. The Labute approximate surface area is 101 Å². The summed E-state index contributed by atoms with van der Waals surface area (Å²) in [5.74, 6) is -0.662. The predicted molar refractivity (Wildman–Crippen MR) is 61.7 cm³/mol. The van der Waals surface area contributed by atoms with Crippen LogP contribution in [-0.4, -0.2) is 66.7 Å². The Kier molecular flexibility index (Phi) is 3.51. The summed E-state index contributed by atoms with van der Waals surface area (Å²) < 4.78 is 0. The number of amides is 2. The highest BCUT2D eigenvalue weighted by atomic mass is 16.4. The van der Waals surface area contributed by atoms with Crippen LogP contribution in [0.15, 0.2) is 0 Å². The molecule has 2 aliphatic rings. The highest BCUT2D eigenvalue weighted by Crippen LogP contribution is 2.16. The monoisotopic (exact) mass is 241 g/mol. The van der Waals surface area contributed by atoms with E-state index in [2.05, 4.69) is 17.3 Å². The molecule has 0 bridgehead atoms. The van der Waals surface area contributed by atoms with Gasteiger partial charge in [-0.15, -0.1) is 0 Å². The lowest BCUT2D eigenvalue weighted by molar-refractivity contribution is -0.146. The third-order valence-corrected chi connectivity index (χ3v) is 3.55. The van der Waals surface area contributed by atoms with Gasteiger partial charge in [-0.3, -0.25) is 4.79 Å². The molecule has 17 heavy (non-hydrogen) atoms. The number of hydrogen-bond donors (Lipinski definition) is 2. The number of carbonyl (C=O) groups excluding carboxylic acids is 1. The molecule has 2 heterocycles. The van der Waals surface area contributed by atoms with Gasteiger partial charge in [0, 0.05) is 26.2 Å². The maximum absolute atomic E-state index is 11.6. The van der Waals surface area contributed by atoms with Gasteiger partial charge in [-0.05, 0) is 25.9 Å². The zero-order chi connectivity index (χ0) is 12.4. The molecule has 0 radical (unpaired) electrons. The van der Waals surface area contributed by atoms with Crippen LogP contribution in [0.2, 0.25) is 0 Å².